The number of halogens is 6. The number of hydrogen-bond donors (Lipinski definition) is 0. The Morgan fingerprint density at radius 1 is 0.448 bits per heavy atom. The molecule has 0 aliphatic carbocycles. The van der Waals surface area contributed by atoms with Gasteiger partial charge in [-0.25, -0.2) is 0 Å². The first-order valence-electron chi connectivity index (χ1n) is 19.9. The van der Waals surface area contributed by atoms with Gasteiger partial charge in [-0.15, -0.1) is 0 Å². The second kappa shape index (κ2) is 44.8. The van der Waals surface area contributed by atoms with Gasteiger partial charge in [0.05, 0.1) is 32.5 Å². The average molecular weight is 1120 g/mol. The first-order chi connectivity index (χ1) is 28.0. The van der Waals surface area contributed by atoms with Crippen molar-refractivity contribution in [3.8, 4) is 0 Å². The maximum absolute atomic E-state index is 5.56. The molecule has 8 heterocycles. The summed E-state index contributed by atoms with van der Waals surface area (Å²) in [5, 5.41) is 0. The monoisotopic (exact) mass is 1120 g/mol. The third kappa shape index (κ3) is 36.1. The van der Waals surface area contributed by atoms with Crippen molar-refractivity contribution in [3.05, 3.63) is 0 Å². The summed E-state index contributed by atoms with van der Waals surface area (Å²) in [6, 6.07) is 0.678. The molecular formula is C32H73Cl6Cr2N2O12P4+5. The van der Waals surface area contributed by atoms with Crippen LogP contribution in [0.15, 0.2) is 0 Å². The number of rotatable bonds is 6. The molecule has 8 aliphatic rings. The standard InChI is InChI=1S/2C7H15NO4P2.4C4H8O.C2H6.6ClH.2Cr/c2*1-7(2)8(13-9-3-4-10-13)14-11-5-6-12-14;4*1-2-4-5-3-1;1-2;;;;;;;;/h2*7H,3-6H2,1-2H3;4*1-4H2;1-2H3;6*1H;;/q;;;;;;;;;;;;;2*+3/p-1. The van der Waals surface area contributed by atoms with Crippen LogP contribution in [-0.2, 0) is 63.7 Å². The van der Waals surface area contributed by atoms with Gasteiger partial charge in [-0.3, -0.25) is 0 Å². The summed E-state index contributed by atoms with van der Waals surface area (Å²) in [6.07, 6.45) is 10.6. The minimum atomic E-state index is -1.62. The Morgan fingerprint density at radius 2 is 0.724 bits per heavy atom. The van der Waals surface area contributed by atoms with Gasteiger partial charge in [0.2, 0.25) is 0 Å². The Kier molecular flexibility index (Phi) is 47.8. The topological polar surface area (TPSA) is 128 Å². The van der Waals surface area contributed by atoms with Crippen molar-refractivity contribution >= 4 is 94.4 Å². The molecule has 0 aromatic rings. The van der Waals surface area contributed by atoms with Crippen molar-refractivity contribution < 1.29 is 77.9 Å². The number of ether oxygens (including phenoxy) is 4. The van der Waals surface area contributed by atoms with Crippen LogP contribution in [-0.4, -0.2) is 141 Å². The molecule has 0 saturated carbocycles. The molecule has 0 radical (unpaired) electrons. The van der Waals surface area contributed by atoms with Crippen LogP contribution >= 0.6 is 94.4 Å². The summed E-state index contributed by atoms with van der Waals surface area (Å²) in [5.74, 6) is 0. The molecule has 8 saturated heterocycles. The average Bonchev–Trinajstić information content (AvgIpc) is 4.08. The fourth-order valence-corrected chi connectivity index (χ4v) is 12.1. The predicted octanol–water partition coefficient (Wildman–Crippen LogP) is 10.8. The molecule has 14 nitrogen and oxygen atoms in total. The third-order valence-electron chi connectivity index (χ3n) is 7.22. The van der Waals surface area contributed by atoms with Crippen molar-refractivity contribution in [1.29, 1.82) is 0 Å². The zero-order valence-corrected chi connectivity index (χ0v) is 45.9. The van der Waals surface area contributed by atoms with E-state index in [0.29, 0.717) is 64.9 Å². The molecule has 0 aromatic carbocycles. The van der Waals surface area contributed by atoms with E-state index in [1.807, 2.05) is 13.8 Å². The quantitative estimate of drug-likeness (QED) is 0.186. The SMILES string of the molecule is C1CCOC1.C1CC[OH+]C1.C1CC[OH+]C1.C1CC[OH+]C1.CC.CC(C)N(P1OCCO1)P1OCCO1.CC(C)N([PH+]1OCCO1)[PH+]1OCCO1.[Cl][Cr]([Cl])[Cl].[Cl][Cr]([Cl])[Cl]. The maximum atomic E-state index is 5.56. The molecule has 0 spiro atoms. The molecule has 8 fully saturated rings. The summed E-state index contributed by atoms with van der Waals surface area (Å²) < 4.78 is 65.7. The van der Waals surface area contributed by atoms with E-state index >= 15 is 0 Å². The van der Waals surface area contributed by atoms with Crippen LogP contribution in [0.1, 0.15) is 92.9 Å². The Hall–Kier alpha value is 3.96. The van der Waals surface area contributed by atoms with Gasteiger partial charge in [-0.05, 0) is 40.5 Å². The van der Waals surface area contributed by atoms with Gasteiger partial charge in [0, 0.05) is 62.2 Å². The summed E-state index contributed by atoms with van der Waals surface area (Å²) >= 11 is -3.25. The Labute approximate surface area is 388 Å². The van der Waals surface area contributed by atoms with Crippen LogP contribution in [0.2, 0.25) is 0 Å². The van der Waals surface area contributed by atoms with Crippen molar-refractivity contribution in [2.45, 2.75) is 105 Å². The second-order valence-corrected chi connectivity index (χ2v) is 31.8. The van der Waals surface area contributed by atoms with Gasteiger partial charge >= 0.3 is 100 Å². The third-order valence-corrected chi connectivity index (χ3v) is 16.0. The van der Waals surface area contributed by atoms with E-state index in [4.69, 9.17) is 101 Å². The van der Waals surface area contributed by atoms with E-state index in [0.717, 1.165) is 52.9 Å². The molecule has 0 aromatic heterocycles. The van der Waals surface area contributed by atoms with Crippen LogP contribution < -0.4 is 0 Å². The zero-order chi connectivity index (χ0) is 43.2. The van der Waals surface area contributed by atoms with Gasteiger partial charge in [-0.2, -0.15) is 22.5 Å². The Balaban J connectivity index is 0.000000677. The summed E-state index contributed by atoms with van der Waals surface area (Å²) in [6.45, 7) is 26.7. The second-order valence-electron chi connectivity index (χ2n) is 12.4. The van der Waals surface area contributed by atoms with Gasteiger partial charge < -0.3 is 37.0 Å². The molecule has 0 amide bonds. The van der Waals surface area contributed by atoms with Gasteiger partial charge in [0.15, 0.2) is 0 Å². The van der Waals surface area contributed by atoms with Crippen molar-refractivity contribution in [1.82, 2.24) is 8.88 Å². The number of aliphatic hydroxyl groups is 6. The van der Waals surface area contributed by atoms with Crippen LogP contribution in [0.25, 0.3) is 0 Å². The fraction of sp³-hybridized carbons (Fsp3) is 1.00. The zero-order valence-electron chi connectivity index (χ0n) is 35.0. The normalized spacial score (nSPS) is 22.0. The number of nitrogens with zero attached hydrogens (tertiary/aromatic N) is 2. The van der Waals surface area contributed by atoms with Gasteiger partial charge in [0.1, 0.15) is 66.1 Å². The first-order valence-corrected chi connectivity index (χ1v) is 35.2. The Morgan fingerprint density at radius 3 is 0.897 bits per heavy atom. The molecule has 352 valence electrons. The number of hydrogen-bond acceptors (Lipinski definition) is 11. The van der Waals surface area contributed by atoms with E-state index in [1.165, 1.54) is 51.4 Å². The minimum absolute atomic E-state index is 0.323. The van der Waals surface area contributed by atoms with Crippen molar-refractivity contribution in [2.24, 2.45) is 0 Å². The molecule has 8 aliphatic heterocycles. The summed E-state index contributed by atoms with van der Waals surface area (Å²) in [4.78, 5) is 0. The van der Waals surface area contributed by atoms with E-state index in [2.05, 4.69) is 50.8 Å². The van der Waals surface area contributed by atoms with Gasteiger partial charge in [-0.1, -0.05) is 13.8 Å². The Bertz CT molecular complexity index is 705. The molecule has 0 atom stereocenters. The molecule has 58 heavy (non-hydrogen) atoms. The van der Waals surface area contributed by atoms with E-state index in [9.17, 15) is 0 Å². The van der Waals surface area contributed by atoms with Gasteiger partial charge in [0.25, 0.3) is 17.1 Å². The molecule has 3 N–H and O–H groups in total. The van der Waals surface area contributed by atoms with E-state index in [1.54, 1.807) is 0 Å². The van der Waals surface area contributed by atoms with Crippen LogP contribution in [0, 0.1) is 0 Å². The predicted molar refractivity (Wildman–Crippen MR) is 242 cm³/mol. The summed E-state index contributed by atoms with van der Waals surface area (Å²) in [5.41, 5.74) is 0. The molecule has 0 bridgehead atoms. The van der Waals surface area contributed by atoms with Crippen molar-refractivity contribution in [2.75, 3.05) is 106 Å². The van der Waals surface area contributed by atoms with E-state index < -0.39 is 56.9 Å². The molecule has 0 unspecified atom stereocenters. The van der Waals surface area contributed by atoms with Crippen LogP contribution in [0.3, 0.4) is 0 Å². The molecule has 8 rings (SSSR count). The molecule has 26 heteroatoms. The van der Waals surface area contributed by atoms with Crippen LogP contribution in [0.5, 0.6) is 0 Å². The van der Waals surface area contributed by atoms with Crippen LogP contribution in [0.4, 0.5) is 0 Å². The van der Waals surface area contributed by atoms with Crippen molar-refractivity contribution in [3.63, 3.8) is 0 Å². The molecular weight excluding hydrogens is 1040 g/mol. The van der Waals surface area contributed by atoms with E-state index in [-0.39, 0.29) is 0 Å². The first kappa shape index (κ1) is 62.0. The summed E-state index contributed by atoms with van der Waals surface area (Å²) in [7, 11) is 25.1. The fourth-order valence-electron chi connectivity index (χ4n) is 4.77.